The second-order valence-electron chi connectivity index (χ2n) is 12.4. The van der Waals surface area contributed by atoms with Crippen LogP contribution in [0.3, 0.4) is 0 Å². The number of epoxide rings is 2. The monoisotopic (exact) mass is 610 g/mol. The number of hydrogen-bond acceptors (Lipinski definition) is 3. The van der Waals surface area contributed by atoms with Gasteiger partial charge in [-0.3, -0.25) is 0 Å². The van der Waals surface area contributed by atoms with Crippen LogP contribution in [0.1, 0.15) is 19.4 Å². The summed E-state index contributed by atoms with van der Waals surface area (Å²) in [5.41, 5.74) is 2.19. The summed E-state index contributed by atoms with van der Waals surface area (Å²) in [5, 5.41) is 5.86. The van der Waals surface area contributed by atoms with Gasteiger partial charge in [0.2, 0.25) is 0 Å². The quantitative estimate of drug-likeness (QED) is 0.165. The summed E-state index contributed by atoms with van der Waals surface area (Å²) < 4.78 is 20.8. The van der Waals surface area contributed by atoms with Crippen molar-refractivity contribution in [2.24, 2.45) is 0 Å². The van der Waals surface area contributed by atoms with Gasteiger partial charge >= 0.3 is 0 Å². The Morgan fingerprint density at radius 2 is 1.11 bits per heavy atom. The molecule has 3 heterocycles. The Morgan fingerprint density at radius 1 is 0.591 bits per heavy atom. The minimum atomic E-state index is -0.944. The number of hydrogen-bond donors (Lipinski definition) is 0. The van der Waals surface area contributed by atoms with E-state index >= 15 is 0 Å². The van der Waals surface area contributed by atoms with E-state index in [1.165, 1.54) is 37.7 Å². The first-order chi connectivity index (χ1) is 21.6. The van der Waals surface area contributed by atoms with E-state index in [9.17, 15) is 0 Å². The van der Waals surface area contributed by atoms with Gasteiger partial charge in [-0.25, -0.2) is 0 Å². The van der Waals surface area contributed by atoms with Crippen LogP contribution in [0.15, 0.2) is 151 Å². The first-order valence-corrected chi connectivity index (χ1v) is 18.0. The van der Waals surface area contributed by atoms with Crippen LogP contribution >= 0.6 is 15.8 Å². The molecule has 0 spiro atoms. The summed E-state index contributed by atoms with van der Waals surface area (Å²) in [4.78, 5) is 0. The van der Waals surface area contributed by atoms with Gasteiger partial charge in [0.1, 0.15) is 29.8 Å². The van der Waals surface area contributed by atoms with Gasteiger partial charge in [-0.05, 0) is 29.1 Å². The van der Waals surface area contributed by atoms with Crippen molar-refractivity contribution in [2.75, 3.05) is 0 Å². The van der Waals surface area contributed by atoms with Crippen molar-refractivity contribution in [3.8, 4) is 5.75 Å². The van der Waals surface area contributed by atoms with Gasteiger partial charge in [-0.15, -0.1) is 0 Å². The third-order valence-corrected chi connectivity index (χ3v) is 14.8. The van der Waals surface area contributed by atoms with Gasteiger partial charge in [-0.2, -0.15) is 0 Å². The average molecular weight is 611 g/mol. The summed E-state index contributed by atoms with van der Waals surface area (Å²) in [7, 11) is -1.81. The molecule has 4 aliphatic rings. The van der Waals surface area contributed by atoms with Crippen molar-refractivity contribution in [1.82, 2.24) is 0 Å². The molecule has 0 saturated carbocycles. The van der Waals surface area contributed by atoms with Crippen LogP contribution in [-0.4, -0.2) is 23.7 Å². The maximum Gasteiger partial charge on any atom is 0.181 e. The fourth-order valence-electron chi connectivity index (χ4n) is 7.41. The highest BCUT2D eigenvalue weighted by Gasteiger charge is 2.79. The minimum Gasteiger partial charge on any atom is -0.457 e. The number of fused-ring (bicyclic) bond motifs is 6. The van der Waals surface area contributed by atoms with Crippen LogP contribution < -0.4 is 31.3 Å². The molecule has 5 aromatic carbocycles. The average Bonchev–Trinajstić information content (AvgIpc) is 3.99. The molecular formula is C39H32O3P2. The standard InChI is InChI=1S/C39H32O3P2/c1-38(2)30-24-15-25-31(43(26-16-7-3-8-17-26)27-18-9-4-10-19-27)33(30)41-36-32(38)34-35(40-34)37-39(36,42-37)44(28-20-11-5-12-21-28)29-22-13-6-14-23-29/h3-25,34-35,37H,1-2H3. The van der Waals surface area contributed by atoms with Gasteiger partial charge in [0.05, 0.1) is 0 Å². The number of benzene rings is 5. The van der Waals surface area contributed by atoms with E-state index in [-0.39, 0.29) is 23.7 Å². The number of ether oxygens (including phenoxy) is 3. The molecule has 0 radical (unpaired) electrons. The Balaban J connectivity index is 1.26. The molecular weight excluding hydrogens is 578 g/mol. The highest BCUT2D eigenvalue weighted by molar-refractivity contribution is 7.80. The predicted molar refractivity (Wildman–Crippen MR) is 181 cm³/mol. The lowest BCUT2D eigenvalue weighted by Crippen LogP contribution is -2.43. The van der Waals surface area contributed by atoms with Crippen LogP contribution in [0.25, 0.3) is 0 Å². The van der Waals surface area contributed by atoms with Crippen molar-refractivity contribution >= 4 is 42.4 Å². The molecule has 5 heteroatoms. The van der Waals surface area contributed by atoms with Gasteiger partial charge < -0.3 is 14.2 Å². The van der Waals surface area contributed by atoms with Gasteiger partial charge in [0, 0.05) is 29.8 Å². The van der Waals surface area contributed by atoms with Gasteiger partial charge in [0.25, 0.3) is 0 Å². The molecule has 216 valence electrons. The zero-order chi connectivity index (χ0) is 29.5. The normalized spacial score (nSPS) is 25.4. The fourth-order valence-corrected chi connectivity index (χ4v) is 12.8. The summed E-state index contributed by atoms with van der Waals surface area (Å²) in [6.07, 6.45) is 0.0853. The van der Waals surface area contributed by atoms with Gasteiger partial charge in [0.15, 0.2) is 5.34 Å². The summed E-state index contributed by atoms with van der Waals surface area (Å²) >= 11 is 0. The Kier molecular flexibility index (Phi) is 6.07. The number of rotatable bonds is 6. The van der Waals surface area contributed by atoms with Crippen molar-refractivity contribution in [2.45, 2.75) is 42.9 Å². The zero-order valence-corrected chi connectivity index (χ0v) is 26.4. The Labute approximate surface area is 261 Å². The summed E-state index contributed by atoms with van der Waals surface area (Å²) in [6, 6.07) is 50.3. The molecule has 0 N–H and O–H groups in total. The molecule has 3 aliphatic heterocycles. The smallest absolute Gasteiger partial charge is 0.181 e. The Hall–Kier alpha value is -3.58. The van der Waals surface area contributed by atoms with E-state index in [0.29, 0.717) is 0 Å². The van der Waals surface area contributed by atoms with Crippen molar-refractivity contribution < 1.29 is 14.2 Å². The topological polar surface area (TPSA) is 34.3 Å². The lowest BCUT2D eigenvalue weighted by molar-refractivity contribution is 0.261. The molecule has 9 rings (SSSR count). The lowest BCUT2D eigenvalue weighted by Gasteiger charge is -2.42. The van der Waals surface area contributed by atoms with E-state index in [2.05, 4.69) is 153 Å². The Morgan fingerprint density at radius 3 is 1.66 bits per heavy atom. The molecule has 0 bridgehead atoms. The molecule has 1 aliphatic carbocycles. The summed E-state index contributed by atoms with van der Waals surface area (Å²) in [6.45, 7) is 4.70. The maximum absolute atomic E-state index is 7.41. The van der Waals surface area contributed by atoms with E-state index in [4.69, 9.17) is 14.2 Å². The van der Waals surface area contributed by atoms with Crippen LogP contribution in [0.5, 0.6) is 5.75 Å². The second-order valence-corrected chi connectivity index (χ2v) is 16.9. The van der Waals surface area contributed by atoms with Crippen LogP contribution in [0, 0.1) is 0 Å². The first kappa shape index (κ1) is 26.8. The highest BCUT2D eigenvalue weighted by Crippen LogP contribution is 2.73. The second kappa shape index (κ2) is 9.96. The van der Waals surface area contributed by atoms with E-state index in [1.54, 1.807) is 0 Å². The van der Waals surface area contributed by atoms with Gasteiger partial charge in [-0.1, -0.05) is 153 Å². The molecule has 0 aromatic heterocycles. The van der Waals surface area contributed by atoms with E-state index in [1.807, 2.05) is 0 Å². The third kappa shape index (κ3) is 3.90. The minimum absolute atomic E-state index is 0.0213. The van der Waals surface area contributed by atoms with Crippen LogP contribution in [0.4, 0.5) is 0 Å². The molecule has 4 unspecified atom stereocenters. The van der Waals surface area contributed by atoms with Crippen LogP contribution in [0.2, 0.25) is 0 Å². The maximum atomic E-state index is 7.41. The molecule has 44 heavy (non-hydrogen) atoms. The zero-order valence-electron chi connectivity index (χ0n) is 24.6. The van der Waals surface area contributed by atoms with Crippen molar-refractivity contribution in [3.05, 3.63) is 156 Å². The fraction of sp³-hybridized carbons (Fsp3) is 0.179. The van der Waals surface area contributed by atoms with Crippen molar-refractivity contribution in [3.63, 3.8) is 0 Å². The first-order valence-electron chi connectivity index (χ1n) is 15.3. The van der Waals surface area contributed by atoms with Crippen molar-refractivity contribution in [1.29, 1.82) is 0 Å². The lowest BCUT2D eigenvalue weighted by atomic mass is 9.71. The predicted octanol–water partition coefficient (Wildman–Crippen LogP) is 6.38. The molecule has 3 nitrogen and oxygen atoms in total. The molecule has 2 fully saturated rings. The highest BCUT2D eigenvalue weighted by atomic mass is 31.1. The molecule has 0 amide bonds. The number of para-hydroxylation sites is 1. The third-order valence-electron chi connectivity index (χ3n) is 9.49. The SMILES string of the molecule is CC1(C)C2=C(Oc3c(P(c4ccccc4)c4ccccc4)cccc31)C1(P(c3ccccc3)c3ccccc3)OC1C1OC21. The van der Waals surface area contributed by atoms with E-state index < -0.39 is 21.2 Å². The molecule has 4 atom stereocenters. The largest absolute Gasteiger partial charge is 0.457 e. The molecule has 2 saturated heterocycles. The van der Waals surface area contributed by atoms with Crippen LogP contribution in [-0.2, 0) is 14.9 Å². The van der Waals surface area contributed by atoms with E-state index in [0.717, 1.165) is 11.5 Å². The molecule has 5 aromatic rings. The summed E-state index contributed by atoms with van der Waals surface area (Å²) in [5.74, 6) is 1.97. The Bertz CT molecular complexity index is 1810.